The fraction of sp³-hybridized carbons (Fsp3) is 0.0909. The second-order valence-electron chi connectivity index (χ2n) is 6.46. The molecule has 4 rings (SSSR count). The van der Waals surface area contributed by atoms with Crippen LogP contribution in [0.25, 0.3) is 5.69 Å². The Labute approximate surface area is 178 Å². The van der Waals surface area contributed by atoms with Gasteiger partial charge in [0, 0.05) is 0 Å². The van der Waals surface area contributed by atoms with Gasteiger partial charge in [0.15, 0.2) is 5.75 Å². The van der Waals surface area contributed by atoms with Crippen molar-refractivity contribution in [2.24, 2.45) is 0 Å². The molecule has 8 heteroatoms. The SMILES string of the molecule is Cc1ccc(-n2nnnc2SCC(=O)Nc2ccccc2Oc2ccccc2)cc1. The third-order valence-electron chi connectivity index (χ3n) is 4.18. The van der Waals surface area contributed by atoms with Gasteiger partial charge in [-0.25, -0.2) is 0 Å². The predicted molar refractivity (Wildman–Crippen MR) is 116 cm³/mol. The van der Waals surface area contributed by atoms with E-state index in [1.165, 1.54) is 11.8 Å². The topological polar surface area (TPSA) is 81.9 Å². The summed E-state index contributed by atoms with van der Waals surface area (Å²) in [5.41, 5.74) is 2.59. The molecule has 1 N–H and O–H groups in total. The Kier molecular flexibility index (Phi) is 6.05. The average Bonchev–Trinajstić information content (AvgIpc) is 3.24. The molecule has 0 atom stereocenters. The van der Waals surface area contributed by atoms with E-state index >= 15 is 0 Å². The molecule has 0 aliphatic carbocycles. The largest absolute Gasteiger partial charge is 0.455 e. The quantitative estimate of drug-likeness (QED) is 0.446. The van der Waals surface area contributed by atoms with Crippen molar-refractivity contribution in [2.45, 2.75) is 12.1 Å². The summed E-state index contributed by atoms with van der Waals surface area (Å²) in [6.07, 6.45) is 0. The Morgan fingerprint density at radius 3 is 2.53 bits per heavy atom. The maximum atomic E-state index is 12.5. The second-order valence-corrected chi connectivity index (χ2v) is 7.40. The lowest BCUT2D eigenvalue weighted by Gasteiger charge is -2.12. The number of tetrazole rings is 1. The van der Waals surface area contributed by atoms with Gasteiger partial charge in [-0.2, -0.15) is 4.68 Å². The molecule has 1 heterocycles. The number of thioether (sulfide) groups is 1. The van der Waals surface area contributed by atoms with Gasteiger partial charge < -0.3 is 10.1 Å². The molecule has 4 aromatic rings. The van der Waals surface area contributed by atoms with Crippen molar-refractivity contribution in [1.82, 2.24) is 20.2 Å². The van der Waals surface area contributed by atoms with Crippen molar-refractivity contribution in [2.75, 3.05) is 11.1 Å². The van der Waals surface area contributed by atoms with Crippen LogP contribution < -0.4 is 10.1 Å². The molecule has 7 nitrogen and oxygen atoms in total. The molecule has 0 aliphatic rings. The molecule has 3 aromatic carbocycles. The first-order chi connectivity index (χ1) is 14.7. The fourth-order valence-corrected chi connectivity index (χ4v) is 3.40. The van der Waals surface area contributed by atoms with Crippen LogP contribution in [-0.2, 0) is 4.79 Å². The number of nitrogens with one attached hydrogen (secondary N) is 1. The van der Waals surface area contributed by atoms with Gasteiger partial charge in [0.05, 0.1) is 17.1 Å². The highest BCUT2D eigenvalue weighted by molar-refractivity contribution is 7.99. The lowest BCUT2D eigenvalue weighted by atomic mass is 10.2. The van der Waals surface area contributed by atoms with Crippen LogP contribution in [0, 0.1) is 6.92 Å². The minimum atomic E-state index is -0.178. The minimum absolute atomic E-state index is 0.159. The summed E-state index contributed by atoms with van der Waals surface area (Å²) in [4.78, 5) is 12.5. The van der Waals surface area contributed by atoms with E-state index in [4.69, 9.17) is 4.74 Å². The Balaban J connectivity index is 1.41. The number of nitrogens with zero attached hydrogens (tertiary/aromatic N) is 4. The Bertz CT molecular complexity index is 1130. The van der Waals surface area contributed by atoms with E-state index in [-0.39, 0.29) is 11.7 Å². The van der Waals surface area contributed by atoms with Gasteiger partial charge in [-0.05, 0) is 53.7 Å². The molecule has 0 spiro atoms. The van der Waals surface area contributed by atoms with Crippen molar-refractivity contribution < 1.29 is 9.53 Å². The molecule has 0 unspecified atom stereocenters. The van der Waals surface area contributed by atoms with Crippen LogP contribution in [0.4, 0.5) is 5.69 Å². The van der Waals surface area contributed by atoms with Crippen LogP contribution in [-0.4, -0.2) is 31.9 Å². The Morgan fingerprint density at radius 2 is 1.73 bits per heavy atom. The van der Waals surface area contributed by atoms with E-state index in [2.05, 4.69) is 20.8 Å². The smallest absolute Gasteiger partial charge is 0.234 e. The van der Waals surface area contributed by atoms with Crippen LogP contribution >= 0.6 is 11.8 Å². The number of carbonyl (C=O) groups is 1. The molecule has 30 heavy (non-hydrogen) atoms. The Morgan fingerprint density at radius 1 is 1.00 bits per heavy atom. The van der Waals surface area contributed by atoms with Crippen LogP contribution in [0.15, 0.2) is 84.0 Å². The van der Waals surface area contributed by atoms with Crippen molar-refractivity contribution in [3.8, 4) is 17.2 Å². The van der Waals surface area contributed by atoms with Crippen LogP contribution in [0.3, 0.4) is 0 Å². The van der Waals surface area contributed by atoms with Gasteiger partial charge >= 0.3 is 0 Å². The van der Waals surface area contributed by atoms with Crippen molar-refractivity contribution in [1.29, 1.82) is 0 Å². The maximum absolute atomic E-state index is 12.5. The predicted octanol–water partition coefficient (Wildman–Crippen LogP) is 4.49. The van der Waals surface area contributed by atoms with E-state index in [1.54, 1.807) is 10.7 Å². The highest BCUT2D eigenvalue weighted by atomic mass is 32.2. The van der Waals surface area contributed by atoms with Crippen molar-refractivity contribution in [3.63, 3.8) is 0 Å². The van der Waals surface area contributed by atoms with E-state index in [1.807, 2.05) is 79.7 Å². The molecule has 150 valence electrons. The van der Waals surface area contributed by atoms with Crippen LogP contribution in [0.5, 0.6) is 11.5 Å². The van der Waals surface area contributed by atoms with Crippen LogP contribution in [0.2, 0.25) is 0 Å². The molecule has 0 fully saturated rings. The van der Waals surface area contributed by atoms with E-state index in [0.717, 1.165) is 11.3 Å². The number of carbonyl (C=O) groups excluding carboxylic acids is 1. The van der Waals surface area contributed by atoms with Gasteiger partial charge in [0.1, 0.15) is 5.75 Å². The number of hydrogen-bond acceptors (Lipinski definition) is 6. The van der Waals surface area contributed by atoms with Gasteiger partial charge in [-0.1, -0.05) is 59.8 Å². The summed E-state index contributed by atoms with van der Waals surface area (Å²) in [6, 6.07) is 24.6. The summed E-state index contributed by atoms with van der Waals surface area (Å²) in [7, 11) is 0. The summed E-state index contributed by atoms with van der Waals surface area (Å²) < 4.78 is 7.50. The number of para-hydroxylation sites is 3. The zero-order chi connectivity index (χ0) is 20.8. The Hall–Kier alpha value is -3.65. The van der Waals surface area contributed by atoms with E-state index in [0.29, 0.717) is 22.3 Å². The molecule has 0 saturated carbocycles. The number of aromatic nitrogens is 4. The van der Waals surface area contributed by atoms with E-state index < -0.39 is 0 Å². The number of rotatable bonds is 7. The molecule has 0 saturated heterocycles. The highest BCUT2D eigenvalue weighted by Crippen LogP contribution is 2.29. The first-order valence-corrected chi connectivity index (χ1v) is 10.3. The molecule has 0 aliphatic heterocycles. The zero-order valence-corrected chi connectivity index (χ0v) is 17.0. The third kappa shape index (κ3) is 4.84. The number of anilines is 1. The lowest BCUT2D eigenvalue weighted by Crippen LogP contribution is -2.15. The third-order valence-corrected chi connectivity index (χ3v) is 5.10. The van der Waals surface area contributed by atoms with Crippen molar-refractivity contribution in [3.05, 3.63) is 84.4 Å². The number of ether oxygens (including phenoxy) is 1. The molecule has 0 bridgehead atoms. The molecule has 1 amide bonds. The first kappa shape index (κ1) is 19.7. The number of hydrogen-bond donors (Lipinski definition) is 1. The highest BCUT2D eigenvalue weighted by Gasteiger charge is 2.13. The average molecular weight is 417 g/mol. The van der Waals surface area contributed by atoms with Gasteiger partial charge in [0.25, 0.3) is 0 Å². The number of benzene rings is 3. The molecule has 1 aromatic heterocycles. The van der Waals surface area contributed by atoms with E-state index in [9.17, 15) is 4.79 Å². The minimum Gasteiger partial charge on any atom is -0.455 e. The summed E-state index contributed by atoms with van der Waals surface area (Å²) in [5.74, 6) is 1.26. The monoisotopic (exact) mass is 417 g/mol. The number of aryl methyl sites for hydroxylation is 1. The molecule has 0 radical (unpaired) electrons. The standard InChI is InChI=1S/C22H19N5O2S/c1-16-11-13-17(14-12-16)27-22(24-25-26-27)30-15-21(28)23-19-9-5-6-10-20(19)29-18-7-3-2-4-8-18/h2-14H,15H2,1H3,(H,23,28). The zero-order valence-electron chi connectivity index (χ0n) is 16.2. The fourth-order valence-electron chi connectivity index (χ4n) is 2.71. The normalized spacial score (nSPS) is 10.6. The summed E-state index contributed by atoms with van der Waals surface area (Å²) in [5, 5.41) is 15.2. The first-order valence-electron chi connectivity index (χ1n) is 9.29. The number of amides is 1. The summed E-state index contributed by atoms with van der Waals surface area (Å²) in [6.45, 7) is 2.02. The maximum Gasteiger partial charge on any atom is 0.234 e. The van der Waals surface area contributed by atoms with Gasteiger partial charge in [0.2, 0.25) is 11.1 Å². The lowest BCUT2D eigenvalue weighted by molar-refractivity contribution is -0.113. The van der Waals surface area contributed by atoms with Crippen LogP contribution in [0.1, 0.15) is 5.56 Å². The van der Waals surface area contributed by atoms with Crippen molar-refractivity contribution >= 4 is 23.4 Å². The van der Waals surface area contributed by atoms with Gasteiger partial charge in [-0.15, -0.1) is 5.10 Å². The second kappa shape index (κ2) is 9.23. The van der Waals surface area contributed by atoms with Gasteiger partial charge in [-0.3, -0.25) is 4.79 Å². The summed E-state index contributed by atoms with van der Waals surface area (Å²) >= 11 is 1.26. The molecular weight excluding hydrogens is 398 g/mol. The molecular formula is C22H19N5O2S.